The van der Waals surface area contributed by atoms with Gasteiger partial charge in [0.2, 0.25) is 11.8 Å². The average Bonchev–Trinajstić information content (AvgIpc) is 3.79. The van der Waals surface area contributed by atoms with E-state index in [0.717, 1.165) is 10.8 Å². The molecule has 12 heteroatoms. The highest BCUT2D eigenvalue weighted by Gasteiger charge is 2.77. The molecule has 1 spiro atoms. The number of nitrogens with one attached hydrogen (secondary N) is 1. The number of halogens is 1. The van der Waals surface area contributed by atoms with Crippen molar-refractivity contribution in [3.63, 3.8) is 0 Å². The first-order chi connectivity index (χ1) is 27.0. The summed E-state index contributed by atoms with van der Waals surface area (Å²) in [6, 6.07) is 20.0. The van der Waals surface area contributed by atoms with Crippen LogP contribution in [0.4, 0.5) is 5.69 Å². The van der Waals surface area contributed by atoms with Crippen molar-refractivity contribution in [1.82, 2.24) is 10.2 Å². The summed E-state index contributed by atoms with van der Waals surface area (Å²) in [7, 11) is 1.50. The number of nitrogens with zero attached hydrogens (tertiary/aromatic N) is 2. The Morgan fingerprint density at radius 3 is 2.45 bits per heavy atom. The Labute approximate surface area is 337 Å². The fraction of sp³-hybridized carbons (Fsp3) is 0.455. The van der Waals surface area contributed by atoms with E-state index in [-0.39, 0.29) is 44.4 Å². The Kier molecular flexibility index (Phi) is 13.1. The van der Waals surface area contributed by atoms with Crippen LogP contribution >= 0.6 is 15.9 Å². The van der Waals surface area contributed by atoms with Gasteiger partial charge in [-0.3, -0.25) is 19.2 Å². The van der Waals surface area contributed by atoms with Crippen molar-refractivity contribution < 1.29 is 38.5 Å². The zero-order valence-corrected chi connectivity index (χ0v) is 33.8. The van der Waals surface area contributed by atoms with Gasteiger partial charge in [0.1, 0.15) is 17.7 Å². The largest absolute Gasteiger partial charge is 0.455 e. The molecule has 0 radical (unpaired) electrons. The SMILES string of the molecule is C=CCCC(=O)N[C@@H](COC)[C@@H](OC(=O)[C@@H]1[C@H]2O[C@@]3(CC2Br)[C@H](C(=O)N(CC=C)c2ccc4ccccc4c2)N([C@@H](CO)CC(C)C)C(=O)[C@@H]13)c1ccccc1. The lowest BCUT2D eigenvalue weighted by Crippen LogP contribution is -2.59. The summed E-state index contributed by atoms with van der Waals surface area (Å²) in [6.45, 7) is 11.4. The molecule has 3 aliphatic rings. The van der Waals surface area contributed by atoms with E-state index < -0.39 is 70.4 Å². The van der Waals surface area contributed by atoms with E-state index in [0.29, 0.717) is 24.1 Å². The summed E-state index contributed by atoms with van der Waals surface area (Å²) in [5.41, 5.74) is -0.166. The molecule has 298 valence electrons. The maximum absolute atomic E-state index is 15.3. The van der Waals surface area contributed by atoms with Crippen molar-refractivity contribution in [3.8, 4) is 0 Å². The van der Waals surface area contributed by atoms with Crippen LogP contribution in [0.2, 0.25) is 0 Å². The number of anilines is 1. The zero-order valence-electron chi connectivity index (χ0n) is 32.2. The number of hydrogen-bond donors (Lipinski definition) is 2. The quantitative estimate of drug-likeness (QED) is 0.0921. The third-order valence-corrected chi connectivity index (χ3v) is 12.1. The van der Waals surface area contributed by atoms with Crippen LogP contribution in [-0.4, -0.2) is 95.2 Å². The third-order valence-electron chi connectivity index (χ3n) is 11.2. The maximum Gasteiger partial charge on any atom is 0.313 e. The molecule has 3 saturated heterocycles. The molecule has 2 N–H and O–H groups in total. The summed E-state index contributed by atoms with van der Waals surface area (Å²) in [5, 5.41) is 15.8. The van der Waals surface area contributed by atoms with Crippen LogP contribution in [0, 0.1) is 17.8 Å². The van der Waals surface area contributed by atoms with Gasteiger partial charge in [0.25, 0.3) is 5.91 Å². The molecule has 1 unspecified atom stereocenters. The van der Waals surface area contributed by atoms with Crippen LogP contribution in [0.5, 0.6) is 0 Å². The highest BCUT2D eigenvalue weighted by atomic mass is 79.9. The second kappa shape index (κ2) is 17.8. The van der Waals surface area contributed by atoms with Crippen LogP contribution in [-0.2, 0) is 33.4 Å². The molecule has 3 aliphatic heterocycles. The second-order valence-corrected chi connectivity index (χ2v) is 16.5. The number of ether oxygens (including phenoxy) is 3. The molecule has 3 heterocycles. The standard InChI is InChI=1S/C44H52BrN3O8/c1-6-8-18-35(50)46-34(26-54-5)38(29-15-10-9-11-16-29)55-43(53)36-37-41(51)48(32(25-49)22-27(3)4)40(44(37)24-33(45)39(36)56-44)42(52)47(21-7-2)31-20-19-28-14-12-13-17-30(28)23-31/h6-7,9-17,19-20,23,27,32-34,36-40,49H,1-2,8,18,21-22,24-26H2,3-5H3,(H,46,50)/t32-,33?,34+,36+,37-,38+,39+,40+,44-/m1/s1. The molecule has 0 saturated carbocycles. The van der Waals surface area contributed by atoms with Crippen LogP contribution in [0.3, 0.4) is 0 Å². The number of amides is 3. The number of aliphatic hydroxyl groups excluding tert-OH is 1. The van der Waals surface area contributed by atoms with Crippen molar-refractivity contribution >= 4 is 56.1 Å². The normalized spacial score (nSPS) is 25.4. The first-order valence-electron chi connectivity index (χ1n) is 19.3. The first kappa shape index (κ1) is 41.3. The monoisotopic (exact) mass is 829 g/mol. The fourth-order valence-corrected chi connectivity index (χ4v) is 9.84. The Bertz CT molecular complexity index is 1920. The lowest BCUT2D eigenvalue weighted by atomic mass is 9.70. The lowest BCUT2D eigenvalue weighted by Gasteiger charge is -2.39. The minimum atomic E-state index is -1.41. The molecule has 3 amide bonds. The maximum atomic E-state index is 15.3. The predicted octanol–water partition coefficient (Wildman–Crippen LogP) is 5.90. The van der Waals surface area contributed by atoms with E-state index in [4.69, 9.17) is 14.2 Å². The first-order valence-corrected chi connectivity index (χ1v) is 20.2. The molecule has 9 atom stereocenters. The molecule has 3 aromatic rings. The fourth-order valence-electron chi connectivity index (χ4n) is 8.90. The van der Waals surface area contributed by atoms with Gasteiger partial charge in [-0.1, -0.05) is 103 Å². The van der Waals surface area contributed by atoms with Gasteiger partial charge in [0.05, 0.1) is 43.2 Å². The Balaban J connectivity index is 1.41. The molecule has 0 aliphatic carbocycles. The lowest BCUT2D eigenvalue weighted by molar-refractivity contribution is -0.163. The molecule has 3 aromatic carbocycles. The minimum Gasteiger partial charge on any atom is -0.455 e. The van der Waals surface area contributed by atoms with E-state index in [9.17, 15) is 14.7 Å². The van der Waals surface area contributed by atoms with Crippen molar-refractivity contribution in [3.05, 3.63) is 104 Å². The van der Waals surface area contributed by atoms with Gasteiger partial charge in [-0.2, -0.15) is 0 Å². The Morgan fingerprint density at radius 1 is 1.07 bits per heavy atom. The van der Waals surface area contributed by atoms with E-state index >= 15 is 9.59 Å². The minimum absolute atomic E-state index is 0.0380. The zero-order chi connectivity index (χ0) is 40.1. The molecule has 0 aromatic heterocycles. The molecule has 56 heavy (non-hydrogen) atoms. The van der Waals surface area contributed by atoms with E-state index in [1.54, 1.807) is 29.2 Å². The Morgan fingerprint density at radius 2 is 1.79 bits per heavy atom. The van der Waals surface area contributed by atoms with Gasteiger partial charge in [0.15, 0.2) is 0 Å². The molecule has 3 fully saturated rings. The summed E-state index contributed by atoms with van der Waals surface area (Å²) in [5.74, 6) is -3.88. The van der Waals surface area contributed by atoms with E-state index in [1.165, 1.54) is 12.0 Å². The number of alkyl halides is 1. The summed E-state index contributed by atoms with van der Waals surface area (Å²) >= 11 is 3.77. The third kappa shape index (κ3) is 7.94. The number of benzene rings is 3. The highest BCUT2D eigenvalue weighted by molar-refractivity contribution is 9.09. The van der Waals surface area contributed by atoms with Gasteiger partial charge in [-0.25, -0.2) is 0 Å². The highest BCUT2D eigenvalue weighted by Crippen LogP contribution is 2.61. The topological polar surface area (TPSA) is 135 Å². The number of carbonyl (C=O) groups is 4. The van der Waals surface area contributed by atoms with Crippen molar-refractivity contribution in [2.24, 2.45) is 17.8 Å². The summed E-state index contributed by atoms with van der Waals surface area (Å²) in [6.07, 6.45) is 2.87. The van der Waals surface area contributed by atoms with Crippen LogP contribution < -0.4 is 10.2 Å². The van der Waals surface area contributed by atoms with E-state index in [2.05, 4.69) is 34.4 Å². The van der Waals surface area contributed by atoms with Crippen molar-refractivity contribution in [1.29, 1.82) is 0 Å². The molecule has 2 bridgehead atoms. The number of aliphatic hydroxyl groups is 1. The molecule has 6 rings (SSSR count). The number of esters is 1. The smallest absolute Gasteiger partial charge is 0.313 e. The van der Waals surface area contributed by atoms with Crippen LogP contribution in [0.1, 0.15) is 51.2 Å². The molecular formula is C44H52BrN3O8. The number of allylic oxidation sites excluding steroid dienone is 1. The number of fused-ring (bicyclic) bond motifs is 2. The molecular weight excluding hydrogens is 778 g/mol. The average molecular weight is 831 g/mol. The van der Waals surface area contributed by atoms with Gasteiger partial charge >= 0.3 is 5.97 Å². The summed E-state index contributed by atoms with van der Waals surface area (Å²) < 4.78 is 18.7. The van der Waals surface area contributed by atoms with Crippen LogP contribution in [0.25, 0.3) is 10.8 Å². The number of rotatable bonds is 18. The van der Waals surface area contributed by atoms with Crippen LogP contribution in [0.15, 0.2) is 98.1 Å². The van der Waals surface area contributed by atoms with Gasteiger partial charge in [0, 0.05) is 30.6 Å². The summed E-state index contributed by atoms with van der Waals surface area (Å²) in [4.78, 5) is 60.8. The number of methoxy groups -OCH3 is 1. The number of likely N-dealkylation sites (tertiary alicyclic amines) is 1. The Hall–Kier alpha value is -4.36. The van der Waals surface area contributed by atoms with Crippen molar-refractivity contribution in [2.75, 3.05) is 31.8 Å². The molecule has 11 nitrogen and oxygen atoms in total. The number of hydrogen-bond acceptors (Lipinski definition) is 8. The van der Waals surface area contributed by atoms with E-state index in [1.807, 2.05) is 74.5 Å². The van der Waals surface area contributed by atoms with Crippen molar-refractivity contribution in [2.45, 2.75) is 80.3 Å². The number of carbonyl (C=O) groups excluding carboxylic acids is 4. The van der Waals surface area contributed by atoms with Gasteiger partial charge in [-0.15, -0.1) is 13.2 Å². The predicted molar refractivity (Wildman–Crippen MR) is 218 cm³/mol. The van der Waals surface area contributed by atoms with Gasteiger partial charge < -0.3 is 34.4 Å². The second-order valence-electron chi connectivity index (χ2n) is 15.4. The van der Waals surface area contributed by atoms with Gasteiger partial charge in [-0.05, 0) is 53.6 Å².